The summed E-state index contributed by atoms with van der Waals surface area (Å²) >= 11 is 5.81. The summed E-state index contributed by atoms with van der Waals surface area (Å²) in [6, 6.07) is 6.14. The molecule has 1 unspecified atom stereocenters. The molecule has 1 aliphatic heterocycles. The molecule has 0 bridgehead atoms. The van der Waals surface area contributed by atoms with Crippen molar-refractivity contribution in [3.05, 3.63) is 34.9 Å². The number of aliphatic hydroxyl groups excluding tert-OH is 1. The third-order valence-corrected chi connectivity index (χ3v) is 3.48. The molecule has 2 rings (SSSR count). The number of halogens is 1. The number of rotatable bonds is 4. The maximum absolute atomic E-state index is 12.1. The highest BCUT2D eigenvalue weighted by Crippen LogP contribution is 2.10. The van der Waals surface area contributed by atoms with Crippen molar-refractivity contribution >= 4 is 23.4 Å². The van der Waals surface area contributed by atoms with Crippen LogP contribution in [0.3, 0.4) is 0 Å². The highest BCUT2D eigenvalue weighted by Gasteiger charge is 2.26. The van der Waals surface area contributed by atoms with Crippen LogP contribution in [-0.2, 0) is 9.53 Å². The molecular weight excluding hydrogens is 296 g/mol. The summed E-state index contributed by atoms with van der Waals surface area (Å²) in [5, 5.41) is 12.2. The molecule has 114 valence electrons. The zero-order valence-corrected chi connectivity index (χ0v) is 12.2. The van der Waals surface area contributed by atoms with Gasteiger partial charge in [0.1, 0.15) is 0 Å². The Bertz CT molecular complexity index is 523. The van der Waals surface area contributed by atoms with Crippen LogP contribution in [-0.4, -0.2) is 60.8 Å². The predicted octanol–water partition coefficient (Wildman–Crippen LogP) is 0.290. The fourth-order valence-electron chi connectivity index (χ4n) is 2.12. The molecule has 1 aromatic rings. The fraction of sp³-hybridized carbons (Fsp3) is 0.429. The first-order chi connectivity index (χ1) is 10.1. The van der Waals surface area contributed by atoms with Crippen molar-refractivity contribution in [2.75, 3.05) is 32.9 Å². The maximum atomic E-state index is 12.1. The highest BCUT2D eigenvalue weighted by atomic mass is 35.5. The molecule has 1 aliphatic rings. The summed E-state index contributed by atoms with van der Waals surface area (Å²) in [5.41, 5.74) is 0.399. The van der Waals surface area contributed by atoms with Crippen molar-refractivity contribution in [3.8, 4) is 0 Å². The molecule has 1 saturated heterocycles. The van der Waals surface area contributed by atoms with E-state index in [-0.39, 0.29) is 31.0 Å². The number of morpholine rings is 1. The van der Waals surface area contributed by atoms with Gasteiger partial charge in [0.15, 0.2) is 0 Å². The van der Waals surface area contributed by atoms with E-state index in [1.807, 2.05) is 0 Å². The summed E-state index contributed by atoms with van der Waals surface area (Å²) in [7, 11) is 0. The lowest BCUT2D eigenvalue weighted by molar-refractivity contribution is -0.140. The third-order valence-electron chi connectivity index (χ3n) is 3.25. The van der Waals surface area contributed by atoms with E-state index in [1.165, 1.54) is 11.0 Å². The van der Waals surface area contributed by atoms with E-state index in [2.05, 4.69) is 5.32 Å². The molecule has 6 nitrogen and oxygen atoms in total. The maximum Gasteiger partial charge on any atom is 0.251 e. The van der Waals surface area contributed by atoms with E-state index in [4.69, 9.17) is 16.3 Å². The number of hydrogen-bond acceptors (Lipinski definition) is 4. The van der Waals surface area contributed by atoms with Gasteiger partial charge in [-0.2, -0.15) is 0 Å². The van der Waals surface area contributed by atoms with Crippen molar-refractivity contribution in [3.63, 3.8) is 0 Å². The Hall–Kier alpha value is -1.63. The third kappa shape index (κ3) is 4.17. The average Bonchev–Trinajstić information content (AvgIpc) is 2.52. The summed E-state index contributed by atoms with van der Waals surface area (Å²) in [5.74, 6) is -0.604. The van der Waals surface area contributed by atoms with E-state index >= 15 is 0 Å². The molecule has 2 N–H and O–H groups in total. The van der Waals surface area contributed by atoms with Crippen LogP contribution in [0.2, 0.25) is 5.02 Å². The Morgan fingerprint density at radius 2 is 2.29 bits per heavy atom. The number of aliphatic hydroxyl groups is 1. The molecule has 0 aromatic heterocycles. The smallest absolute Gasteiger partial charge is 0.251 e. The van der Waals surface area contributed by atoms with Crippen molar-refractivity contribution in [2.45, 2.75) is 6.04 Å². The molecule has 1 heterocycles. The van der Waals surface area contributed by atoms with E-state index in [1.54, 1.807) is 18.2 Å². The van der Waals surface area contributed by atoms with Gasteiger partial charge in [0.25, 0.3) is 5.91 Å². The van der Waals surface area contributed by atoms with Gasteiger partial charge in [-0.25, -0.2) is 0 Å². The Balaban J connectivity index is 1.90. The molecule has 0 aliphatic carbocycles. The number of amides is 2. The van der Waals surface area contributed by atoms with Crippen LogP contribution in [0.4, 0.5) is 0 Å². The molecule has 7 heteroatoms. The largest absolute Gasteiger partial charge is 0.394 e. The first-order valence-corrected chi connectivity index (χ1v) is 7.01. The second kappa shape index (κ2) is 7.40. The van der Waals surface area contributed by atoms with Crippen LogP contribution >= 0.6 is 11.6 Å². The van der Waals surface area contributed by atoms with Crippen LogP contribution in [0.5, 0.6) is 0 Å². The first kappa shape index (κ1) is 15.8. The minimum atomic E-state index is -0.361. The quantitative estimate of drug-likeness (QED) is 0.837. The number of ether oxygens (including phenoxy) is 1. The van der Waals surface area contributed by atoms with Crippen LogP contribution in [0.15, 0.2) is 24.3 Å². The molecule has 0 saturated carbocycles. The van der Waals surface area contributed by atoms with Gasteiger partial charge in [0.05, 0.1) is 32.4 Å². The molecule has 2 amide bonds. The van der Waals surface area contributed by atoms with Crippen LogP contribution in [0.1, 0.15) is 10.4 Å². The monoisotopic (exact) mass is 312 g/mol. The van der Waals surface area contributed by atoms with Gasteiger partial charge in [-0.1, -0.05) is 17.7 Å². The van der Waals surface area contributed by atoms with Gasteiger partial charge < -0.3 is 20.1 Å². The Morgan fingerprint density at radius 1 is 1.48 bits per heavy atom. The number of nitrogens with one attached hydrogen (secondary N) is 1. The van der Waals surface area contributed by atoms with E-state index < -0.39 is 0 Å². The Morgan fingerprint density at radius 3 is 3.00 bits per heavy atom. The lowest BCUT2D eigenvalue weighted by Gasteiger charge is -2.34. The molecule has 1 aromatic carbocycles. The van der Waals surface area contributed by atoms with Crippen LogP contribution in [0.25, 0.3) is 0 Å². The van der Waals surface area contributed by atoms with Gasteiger partial charge >= 0.3 is 0 Å². The number of carbonyl (C=O) groups excluding carboxylic acids is 2. The van der Waals surface area contributed by atoms with E-state index in [9.17, 15) is 14.7 Å². The van der Waals surface area contributed by atoms with Gasteiger partial charge in [-0.15, -0.1) is 0 Å². The average molecular weight is 313 g/mol. The second-order valence-corrected chi connectivity index (χ2v) is 5.13. The Kier molecular flexibility index (Phi) is 5.55. The second-order valence-electron chi connectivity index (χ2n) is 4.69. The van der Waals surface area contributed by atoms with E-state index in [0.29, 0.717) is 30.3 Å². The Labute approximate surface area is 127 Å². The number of benzene rings is 1. The molecular formula is C14H17ClN2O4. The SMILES string of the molecule is O=C(NCC(=O)N1CCOCC1CO)c1cccc(Cl)c1. The van der Waals surface area contributed by atoms with Crippen LogP contribution < -0.4 is 5.32 Å². The minimum Gasteiger partial charge on any atom is -0.394 e. The summed E-state index contributed by atoms with van der Waals surface area (Å²) in [6.45, 7) is 0.877. The molecule has 0 spiro atoms. The topological polar surface area (TPSA) is 78.9 Å². The molecule has 1 fully saturated rings. The van der Waals surface area contributed by atoms with Gasteiger partial charge in [0.2, 0.25) is 5.91 Å². The zero-order valence-electron chi connectivity index (χ0n) is 11.4. The highest BCUT2D eigenvalue weighted by molar-refractivity contribution is 6.30. The minimum absolute atomic E-state index is 0.123. The van der Waals surface area contributed by atoms with Crippen molar-refractivity contribution in [1.29, 1.82) is 0 Å². The van der Waals surface area contributed by atoms with E-state index in [0.717, 1.165) is 0 Å². The van der Waals surface area contributed by atoms with Crippen LogP contribution in [0, 0.1) is 0 Å². The number of hydrogen-bond donors (Lipinski definition) is 2. The number of nitrogens with zero attached hydrogens (tertiary/aromatic N) is 1. The molecule has 0 radical (unpaired) electrons. The number of carbonyl (C=O) groups is 2. The van der Waals surface area contributed by atoms with Crippen molar-refractivity contribution in [2.24, 2.45) is 0 Å². The molecule has 1 atom stereocenters. The standard InChI is InChI=1S/C14H17ClN2O4/c15-11-3-1-2-10(6-11)14(20)16-7-13(19)17-4-5-21-9-12(17)8-18/h1-3,6,12,18H,4-5,7-9H2,(H,16,20). The first-order valence-electron chi connectivity index (χ1n) is 6.63. The summed E-state index contributed by atoms with van der Waals surface area (Å²) in [4.78, 5) is 25.5. The van der Waals surface area contributed by atoms with Gasteiger partial charge in [-0.3, -0.25) is 9.59 Å². The lowest BCUT2D eigenvalue weighted by Crippen LogP contribution is -2.53. The van der Waals surface area contributed by atoms with Crippen molar-refractivity contribution < 1.29 is 19.4 Å². The molecule has 21 heavy (non-hydrogen) atoms. The zero-order chi connectivity index (χ0) is 15.2. The van der Waals surface area contributed by atoms with Gasteiger partial charge in [-0.05, 0) is 18.2 Å². The lowest BCUT2D eigenvalue weighted by atomic mass is 10.2. The van der Waals surface area contributed by atoms with Gasteiger partial charge in [0, 0.05) is 17.1 Å². The summed E-state index contributed by atoms with van der Waals surface area (Å²) in [6.07, 6.45) is 0. The predicted molar refractivity (Wildman–Crippen MR) is 77.2 cm³/mol. The normalized spacial score (nSPS) is 18.4. The fourth-order valence-corrected chi connectivity index (χ4v) is 2.31. The summed E-state index contributed by atoms with van der Waals surface area (Å²) < 4.78 is 5.21. The van der Waals surface area contributed by atoms with Crippen molar-refractivity contribution in [1.82, 2.24) is 10.2 Å².